The molecule has 0 saturated heterocycles. The second-order valence-electron chi connectivity index (χ2n) is 3.69. The molecule has 0 aliphatic rings. The molecule has 0 aliphatic heterocycles. The van der Waals surface area contributed by atoms with Gasteiger partial charge in [0.05, 0.1) is 12.5 Å². The summed E-state index contributed by atoms with van der Waals surface area (Å²) < 4.78 is 0. The summed E-state index contributed by atoms with van der Waals surface area (Å²) in [4.78, 5) is 13.4. The number of hydrogen-bond acceptors (Lipinski definition) is 2. The lowest BCUT2D eigenvalue weighted by molar-refractivity contribution is -0.131. The Morgan fingerprint density at radius 3 is 2.53 bits per heavy atom. The Morgan fingerprint density at radius 2 is 2.00 bits per heavy atom. The Kier molecular flexibility index (Phi) is 8.85. The predicted molar refractivity (Wildman–Crippen MR) is 61.2 cm³/mol. The Hall–Kier alpha value is -1.04. The van der Waals surface area contributed by atoms with Crippen LogP contribution in [0.1, 0.15) is 52.4 Å². The molecule has 0 aromatic heterocycles. The van der Waals surface area contributed by atoms with Crippen molar-refractivity contribution in [3.63, 3.8) is 0 Å². The SMILES string of the molecule is CCCCCCC(=O)N(CC)CCC#N. The number of carbonyl (C=O) groups excluding carboxylic acids is 1. The van der Waals surface area contributed by atoms with E-state index in [4.69, 9.17) is 5.26 Å². The molecule has 0 bridgehead atoms. The fourth-order valence-corrected chi connectivity index (χ4v) is 1.51. The Bertz CT molecular complexity index is 208. The van der Waals surface area contributed by atoms with Gasteiger partial charge in [0.1, 0.15) is 0 Å². The van der Waals surface area contributed by atoms with E-state index < -0.39 is 0 Å². The maximum Gasteiger partial charge on any atom is 0.222 e. The van der Waals surface area contributed by atoms with E-state index in [1.165, 1.54) is 12.8 Å². The summed E-state index contributed by atoms with van der Waals surface area (Å²) >= 11 is 0. The average molecular weight is 210 g/mol. The third-order valence-electron chi connectivity index (χ3n) is 2.47. The van der Waals surface area contributed by atoms with Crippen molar-refractivity contribution in [2.24, 2.45) is 0 Å². The zero-order chi connectivity index (χ0) is 11.5. The van der Waals surface area contributed by atoms with Crippen LogP contribution in [0.5, 0.6) is 0 Å². The molecule has 0 spiro atoms. The van der Waals surface area contributed by atoms with Crippen LogP contribution >= 0.6 is 0 Å². The Labute approximate surface area is 93.1 Å². The molecule has 0 saturated carbocycles. The van der Waals surface area contributed by atoms with Gasteiger partial charge in [0, 0.05) is 19.5 Å². The summed E-state index contributed by atoms with van der Waals surface area (Å²) in [5.74, 6) is 0.198. The van der Waals surface area contributed by atoms with Crippen LogP contribution in [-0.2, 0) is 4.79 Å². The molecule has 0 N–H and O–H groups in total. The first kappa shape index (κ1) is 14.0. The molecule has 0 aromatic rings. The summed E-state index contributed by atoms with van der Waals surface area (Å²) in [6.45, 7) is 5.42. The van der Waals surface area contributed by atoms with E-state index in [0.717, 1.165) is 12.8 Å². The second-order valence-corrected chi connectivity index (χ2v) is 3.69. The molecule has 0 fully saturated rings. The molecule has 0 aromatic carbocycles. The summed E-state index contributed by atoms with van der Waals surface area (Å²) in [5, 5.41) is 8.45. The minimum absolute atomic E-state index is 0.198. The predicted octanol–water partition coefficient (Wildman–Crippen LogP) is 2.72. The molecule has 0 rings (SSSR count). The number of nitrogens with zero attached hydrogens (tertiary/aromatic N) is 2. The molecule has 0 aliphatic carbocycles. The van der Waals surface area contributed by atoms with Gasteiger partial charge in [-0.3, -0.25) is 4.79 Å². The maximum absolute atomic E-state index is 11.7. The molecule has 0 heterocycles. The van der Waals surface area contributed by atoms with Crippen LogP contribution in [0.25, 0.3) is 0 Å². The molecule has 86 valence electrons. The smallest absolute Gasteiger partial charge is 0.222 e. The van der Waals surface area contributed by atoms with Crippen molar-refractivity contribution in [3.05, 3.63) is 0 Å². The topological polar surface area (TPSA) is 44.1 Å². The van der Waals surface area contributed by atoms with Crippen molar-refractivity contribution in [1.29, 1.82) is 5.26 Å². The van der Waals surface area contributed by atoms with Gasteiger partial charge < -0.3 is 4.90 Å². The van der Waals surface area contributed by atoms with Crippen molar-refractivity contribution < 1.29 is 4.79 Å². The van der Waals surface area contributed by atoms with Gasteiger partial charge in [0.2, 0.25) is 5.91 Å². The Balaban J connectivity index is 3.69. The Morgan fingerprint density at radius 1 is 1.27 bits per heavy atom. The van der Waals surface area contributed by atoms with Gasteiger partial charge in [-0.25, -0.2) is 0 Å². The minimum Gasteiger partial charge on any atom is -0.342 e. The van der Waals surface area contributed by atoms with Crippen molar-refractivity contribution in [2.45, 2.75) is 52.4 Å². The number of unbranched alkanes of at least 4 members (excludes halogenated alkanes) is 3. The van der Waals surface area contributed by atoms with Crippen LogP contribution in [0.3, 0.4) is 0 Å². The molecule has 0 unspecified atom stereocenters. The molecule has 0 atom stereocenters. The summed E-state index contributed by atoms with van der Waals surface area (Å²) in [5.41, 5.74) is 0. The van der Waals surface area contributed by atoms with Gasteiger partial charge in [-0.2, -0.15) is 5.26 Å². The monoisotopic (exact) mass is 210 g/mol. The molecular formula is C12H22N2O. The first-order chi connectivity index (χ1) is 7.26. The fourth-order valence-electron chi connectivity index (χ4n) is 1.51. The highest BCUT2D eigenvalue weighted by molar-refractivity contribution is 5.76. The van der Waals surface area contributed by atoms with E-state index in [1.54, 1.807) is 4.90 Å². The number of carbonyl (C=O) groups is 1. The largest absolute Gasteiger partial charge is 0.342 e. The van der Waals surface area contributed by atoms with Crippen molar-refractivity contribution in [2.75, 3.05) is 13.1 Å². The molecule has 0 radical (unpaired) electrons. The zero-order valence-corrected chi connectivity index (χ0v) is 9.96. The molecule has 15 heavy (non-hydrogen) atoms. The third kappa shape index (κ3) is 6.96. The summed E-state index contributed by atoms with van der Waals surface area (Å²) in [7, 11) is 0. The highest BCUT2D eigenvalue weighted by Gasteiger charge is 2.09. The van der Waals surface area contributed by atoms with Gasteiger partial charge in [-0.15, -0.1) is 0 Å². The van der Waals surface area contributed by atoms with Crippen LogP contribution in [0.2, 0.25) is 0 Å². The van der Waals surface area contributed by atoms with Crippen molar-refractivity contribution in [3.8, 4) is 6.07 Å². The average Bonchev–Trinajstić information content (AvgIpc) is 2.25. The first-order valence-corrected chi connectivity index (χ1v) is 5.91. The number of nitriles is 1. The lowest BCUT2D eigenvalue weighted by atomic mass is 10.1. The van der Waals surface area contributed by atoms with E-state index in [2.05, 4.69) is 13.0 Å². The highest BCUT2D eigenvalue weighted by atomic mass is 16.2. The van der Waals surface area contributed by atoms with Crippen molar-refractivity contribution >= 4 is 5.91 Å². The van der Waals surface area contributed by atoms with Crippen molar-refractivity contribution in [1.82, 2.24) is 4.90 Å². The maximum atomic E-state index is 11.7. The number of amides is 1. The standard InChI is InChI=1S/C12H22N2O/c1-3-5-6-7-9-12(15)14(4-2)11-8-10-13/h3-9,11H2,1-2H3. The molecule has 3 nitrogen and oxygen atoms in total. The quantitative estimate of drug-likeness (QED) is 0.578. The van der Waals surface area contributed by atoms with Crippen LogP contribution in [-0.4, -0.2) is 23.9 Å². The number of rotatable bonds is 8. The van der Waals surface area contributed by atoms with E-state index in [9.17, 15) is 4.79 Å². The second kappa shape index (κ2) is 9.51. The van der Waals surface area contributed by atoms with Crippen LogP contribution in [0.15, 0.2) is 0 Å². The molecular weight excluding hydrogens is 188 g/mol. The summed E-state index contributed by atoms with van der Waals surface area (Å²) in [6, 6.07) is 2.07. The fraction of sp³-hybridized carbons (Fsp3) is 0.833. The van der Waals surface area contributed by atoms with E-state index in [1.807, 2.05) is 6.92 Å². The highest BCUT2D eigenvalue weighted by Crippen LogP contribution is 2.05. The van der Waals surface area contributed by atoms with Crippen LogP contribution in [0.4, 0.5) is 0 Å². The van der Waals surface area contributed by atoms with Gasteiger partial charge in [-0.1, -0.05) is 26.2 Å². The molecule has 3 heteroatoms. The molecule has 1 amide bonds. The minimum atomic E-state index is 0.198. The van der Waals surface area contributed by atoms with Gasteiger partial charge in [0.25, 0.3) is 0 Å². The van der Waals surface area contributed by atoms with Gasteiger partial charge in [-0.05, 0) is 13.3 Å². The summed E-state index contributed by atoms with van der Waals surface area (Å²) in [6.07, 6.45) is 5.60. The van der Waals surface area contributed by atoms with Crippen LogP contribution < -0.4 is 0 Å². The third-order valence-corrected chi connectivity index (χ3v) is 2.47. The van der Waals surface area contributed by atoms with E-state index >= 15 is 0 Å². The van der Waals surface area contributed by atoms with Crippen LogP contribution in [0, 0.1) is 11.3 Å². The van der Waals surface area contributed by atoms with E-state index in [-0.39, 0.29) is 5.91 Å². The first-order valence-electron chi connectivity index (χ1n) is 5.91. The van der Waals surface area contributed by atoms with Gasteiger partial charge >= 0.3 is 0 Å². The van der Waals surface area contributed by atoms with Gasteiger partial charge in [0.15, 0.2) is 0 Å². The normalized spacial score (nSPS) is 9.67. The lowest BCUT2D eigenvalue weighted by Crippen LogP contribution is -2.31. The lowest BCUT2D eigenvalue weighted by Gasteiger charge is -2.19. The van der Waals surface area contributed by atoms with E-state index in [0.29, 0.717) is 25.9 Å². The zero-order valence-electron chi connectivity index (χ0n) is 9.96. The number of hydrogen-bond donors (Lipinski definition) is 0.